The highest BCUT2D eigenvalue weighted by molar-refractivity contribution is 9.10. The largest absolute Gasteiger partial charge is 0.484 e. The van der Waals surface area contributed by atoms with Crippen LogP contribution in [0, 0.1) is 5.92 Å². The first-order chi connectivity index (χ1) is 9.86. The molecule has 0 aliphatic carbocycles. The number of ether oxygens (including phenoxy) is 1. The van der Waals surface area contributed by atoms with E-state index in [0.29, 0.717) is 5.75 Å². The minimum Gasteiger partial charge on any atom is -0.484 e. The smallest absolute Gasteiger partial charge is 0.391 e. The Morgan fingerprint density at radius 3 is 2.33 bits per heavy atom. The molecule has 116 valence electrons. The van der Waals surface area contributed by atoms with Crippen molar-refractivity contribution in [1.29, 1.82) is 0 Å². The summed E-state index contributed by atoms with van der Waals surface area (Å²) >= 11 is 3.29. The normalized spacial score (nSPS) is 16.9. The summed E-state index contributed by atoms with van der Waals surface area (Å²) in [7, 11) is 0. The summed E-state index contributed by atoms with van der Waals surface area (Å²) in [4.78, 5) is 13.3. The Morgan fingerprint density at radius 2 is 1.81 bits per heavy atom. The summed E-state index contributed by atoms with van der Waals surface area (Å²) in [6.45, 7) is 0.109. The predicted octanol–water partition coefficient (Wildman–Crippen LogP) is 3.63. The van der Waals surface area contributed by atoms with E-state index in [0.717, 1.165) is 4.47 Å². The van der Waals surface area contributed by atoms with E-state index < -0.39 is 12.1 Å². The van der Waals surface area contributed by atoms with Gasteiger partial charge in [0.05, 0.1) is 5.92 Å². The number of nitrogens with zero attached hydrogens (tertiary/aromatic N) is 1. The second kappa shape index (κ2) is 6.68. The zero-order valence-corrected chi connectivity index (χ0v) is 12.8. The fourth-order valence-electron chi connectivity index (χ4n) is 2.22. The summed E-state index contributed by atoms with van der Waals surface area (Å²) in [5, 5.41) is 0. The molecule has 0 unspecified atom stereocenters. The van der Waals surface area contributed by atoms with Gasteiger partial charge in [0.2, 0.25) is 0 Å². The molecule has 1 fully saturated rings. The van der Waals surface area contributed by atoms with Gasteiger partial charge in [0, 0.05) is 17.6 Å². The van der Waals surface area contributed by atoms with Crippen LogP contribution in [0.4, 0.5) is 13.2 Å². The first-order valence-corrected chi connectivity index (χ1v) is 7.38. The van der Waals surface area contributed by atoms with E-state index in [9.17, 15) is 18.0 Å². The molecule has 0 atom stereocenters. The molecule has 1 saturated heterocycles. The fourth-order valence-corrected chi connectivity index (χ4v) is 2.49. The van der Waals surface area contributed by atoms with Crippen LogP contribution in [0.1, 0.15) is 12.8 Å². The summed E-state index contributed by atoms with van der Waals surface area (Å²) in [5.74, 6) is -1.02. The number of alkyl halides is 3. The maximum absolute atomic E-state index is 12.5. The molecule has 0 N–H and O–H groups in total. The molecule has 3 nitrogen and oxygen atoms in total. The van der Waals surface area contributed by atoms with Crippen molar-refractivity contribution in [3.05, 3.63) is 28.7 Å². The third-order valence-electron chi connectivity index (χ3n) is 3.49. The molecule has 0 saturated carbocycles. The van der Waals surface area contributed by atoms with E-state index in [1.54, 1.807) is 24.3 Å². The number of likely N-dealkylation sites (tertiary alicyclic amines) is 1. The van der Waals surface area contributed by atoms with Gasteiger partial charge in [-0.1, -0.05) is 15.9 Å². The molecule has 1 aliphatic rings. The van der Waals surface area contributed by atoms with Crippen LogP contribution in [-0.2, 0) is 4.79 Å². The molecule has 0 spiro atoms. The summed E-state index contributed by atoms with van der Waals surface area (Å²) in [5.41, 5.74) is 0. The Morgan fingerprint density at radius 1 is 1.24 bits per heavy atom. The molecule has 2 rings (SSSR count). The standard InChI is InChI=1S/C14H15BrF3NO2/c15-11-1-3-12(4-2-11)21-9-13(20)19-7-5-10(6-8-19)14(16,17)18/h1-4,10H,5-9H2. The van der Waals surface area contributed by atoms with Crippen molar-refractivity contribution in [2.45, 2.75) is 19.0 Å². The molecule has 0 radical (unpaired) electrons. The summed E-state index contributed by atoms with van der Waals surface area (Å²) in [6, 6.07) is 7.00. The van der Waals surface area contributed by atoms with Crippen LogP contribution in [0.3, 0.4) is 0 Å². The fraction of sp³-hybridized carbons (Fsp3) is 0.500. The number of piperidine rings is 1. The maximum atomic E-state index is 12.5. The highest BCUT2D eigenvalue weighted by atomic mass is 79.9. The average Bonchev–Trinajstić information content (AvgIpc) is 2.45. The highest BCUT2D eigenvalue weighted by Crippen LogP contribution is 2.34. The number of carbonyl (C=O) groups is 1. The highest BCUT2D eigenvalue weighted by Gasteiger charge is 2.41. The molecular formula is C14H15BrF3NO2. The molecular weight excluding hydrogens is 351 g/mol. The molecule has 0 bridgehead atoms. The third kappa shape index (κ3) is 4.62. The van der Waals surface area contributed by atoms with Gasteiger partial charge in [0.25, 0.3) is 5.91 Å². The van der Waals surface area contributed by atoms with Crippen LogP contribution >= 0.6 is 15.9 Å². The summed E-state index contributed by atoms with van der Waals surface area (Å²) in [6.07, 6.45) is -4.23. The Bertz CT molecular complexity index is 482. The second-order valence-corrected chi connectivity index (χ2v) is 5.85. The van der Waals surface area contributed by atoms with Crippen molar-refractivity contribution in [1.82, 2.24) is 4.90 Å². The molecule has 1 heterocycles. The summed E-state index contributed by atoms with van der Waals surface area (Å²) < 4.78 is 43.9. The van der Waals surface area contributed by atoms with Crippen LogP contribution in [-0.4, -0.2) is 36.7 Å². The van der Waals surface area contributed by atoms with Crippen molar-refractivity contribution >= 4 is 21.8 Å². The zero-order chi connectivity index (χ0) is 15.5. The average molecular weight is 366 g/mol. The van der Waals surface area contributed by atoms with E-state index in [1.165, 1.54) is 4.90 Å². The van der Waals surface area contributed by atoms with Gasteiger partial charge >= 0.3 is 6.18 Å². The van der Waals surface area contributed by atoms with Crippen molar-refractivity contribution in [3.63, 3.8) is 0 Å². The van der Waals surface area contributed by atoms with Gasteiger partial charge in [-0.3, -0.25) is 4.79 Å². The number of amides is 1. The number of hydrogen-bond acceptors (Lipinski definition) is 2. The van der Waals surface area contributed by atoms with Crippen molar-refractivity contribution in [3.8, 4) is 5.75 Å². The molecule has 7 heteroatoms. The van der Waals surface area contributed by atoms with Gasteiger partial charge in [-0.05, 0) is 37.1 Å². The van der Waals surface area contributed by atoms with Crippen molar-refractivity contribution in [2.24, 2.45) is 5.92 Å². The molecule has 21 heavy (non-hydrogen) atoms. The lowest BCUT2D eigenvalue weighted by atomic mass is 9.96. The number of hydrogen-bond donors (Lipinski definition) is 0. The van der Waals surface area contributed by atoms with E-state index >= 15 is 0 Å². The topological polar surface area (TPSA) is 29.5 Å². The lowest BCUT2D eigenvalue weighted by Crippen LogP contribution is -2.43. The Hall–Kier alpha value is -1.24. The second-order valence-electron chi connectivity index (χ2n) is 4.94. The number of benzene rings is 1. The number of halogens is 4. The molecule has 1 amide bonds. The molecule has 0 aromatic heterocycles. The van der Waals surface area contributed by atoms with Crippen molar-refractivity contribution in [2.75, 3.05) is 19.7 Å². The minimum atomic E-state index is -4.16. The SMILES string of the molecule is O=C(COc1ccc(Br)cc1)N1CCC(C(F)(F)F)CC1. The zero-order valence-electron chi connectivity index (χ0n) is 11.2. The Kier molecular flexibility index (Phi) is 5.13. The monoisotopic (exact) mass is 365 g/mol. The van der Waals surface area contributed by atoms with Crippen molar-refractivity contribution < 1.29 is 22.7 Å². The van der Waals surface area contributed by atoms with Crippen LogP contribution in [0.2, 0.25) is 0 Å². The van der Waals surface area contributed by atoms with E-state index in [2.05, 4.69) is 15.9 Å². The Balaban J connectivity index is 1.78. The van der Waals surface area contributed by atoms with Crippen LogP contribution < -0.4 is 4.74 Å². The Labute approximate surface area is 129 Å². The lowest BCUT2D eigenvalue weighted by Gasteiger charge is -2.32. The van der Waals surface area contributed by atoms with E-state index in [4.69, 9.17) is 4.74 Å². The number of rotatable bonds is 3. The van der Waals surface area contributed by atoms with Crippen LogP contribution in [0.25, 0.3) is 0 Å². The quantitative estimate of drug-likeness (QED) is 0.818. The lowest BCUT2D eigenvalue weighted by molar-refractivity contribution is -0.186. The molecule has 1 aromatic rings. The maximum Gasteiger partial charge on any atom is 0.391 e. The van der Waals surface area contributed by atoms with Crippen LogP contribution in [0.5, 0.6) is 5.75 Å². The first kappa shape index (κ1) is 16.1. The van der Waals surface area contributed by atoms with Gasteiger partial charge < -0.3 is 9.64 Å². The van der Waals surface area contributed by atoms with Gasteiger partial charge in [-0.15, -0.1) is 0 Å². The van der Waals surface area contributed by atoms with Crippen LogP contribution in [0.15, 0.2) is 28.7 Å². The minimum absolute atomic E-state index is 0.0342. The van der Waals surface area contributed by atoms with E-state index in [-0.39, 0.29) is 38.4 Å². The van der Waals surface area contributed by atoms with Gasteiger partial charge in [0.1, 0.15) is 5.75 Å². The molecule has 1 aliphatic heterocycles. The van der Waals surface area contributed by atoms with Gasteiger partial charge in [0.15, 0.2) is 6.61 Å². The van der Waals surface area contributed by atoms with Gasteiger partial charge in [-0.25, -0.2) is 0 Å². The first-order valence-electron chi connectivity index (χ1n) is 6.59. The van der Waals surface area contributed by atoms with Gasteiger partial charge in [-0.2, -0.15) is 13.2 Å². The number of carbonyl (C=O) groups excluding carboxylic acids is 1. The third-order valence-corrected chi connectivity index (χ3v) is 4.02. The molecule has 1 aromatic carbocycles. The van der Waals surface area contributed by atoms with E-state index in [1.807, 2.05) is 0 Å². The predicted molar refractivity (Wildman–Crippen MR) is 75.0 cm³/mol.